The number of aromatic nitrogens is 2. The van der Waals surface area contributed by atoms with Crippen LogP contribution in [0, 0.1) is 15.5 Å². The Morgan fingerprint density at radius 3 is 2.39 bits per heavy atom. The highest BCUT2D eigenvalue weighted by molar-refractivity contribution is 7.66. The second kappa shape index (κ2) is 13.5. The highest BCUT2D eigenvalue weighted by Crippen LogP contribution is 2.66. The maximum atomic E-state index is 12.6. The van der Waals surface area contributed by atoms with E-state index in [1.165, 1.54) is 18.3 Å². The number of benzene rings is 1. The Hall–Kier alpha value is -2.41. The first kappa shape index (κ1) is 36.1. The van der Waals surface area contributed by atoms with Gasteiger partial charge in [-0.2, -0.15) is 13.6 Å². The molecular formula is C21H31N4O16P3. The van der Waals surface area contributed by atoms with E-state index >= 15 is 0 Å². The zero-order valence-electron chi connectivity index (χ0n) is 23.3. The molecule has 7 N–H and O–H groups in total. The maximum absolute atomic E-state index is 12.6. The number of hydrogen-bond acceptors (Lipinski definition) is 14. The average molecular weight is 688 g/mol. The van der Waals surface area contributed by atoms with Crippen molar-refractivity contribution in [2.45, 2.75) is 58.3 Å². The highest BCUT2D eigenvalue weighted by Gasteiger charge is 2.43. The van der Waals surface area contributed by atoms with Crippen molar-refractivity contribution >= 4 is 35.0 Å². The first-order chi connectivity index (χ1) is 20.1. The monoisotopic (exact) mass is 688 g/mol. The number of phosphoric acid groups is 3. The molecule has 23 heteroatoms. The van der Waals surface area contributed by atoms with Crippen molar-refractivity contribution in [2.75, 3.05) is 12.3 Å². The van der Waals surface area contributed by atoms with Crippen LogP contribution in [-0.2, 0) is 42.9 Å². The van der Waals surface area contributed by atoms with E-state index in [1.807, 2.05) is 20.8 Å². The van der Waals surface area contributed by atoms with E-state index in [1.54, 1.807) is 12.1 Å². The summed E-state index contributed by atoms with van der Waals surface area (Å²) in [4.78, 5) is 63.6. The van der Waals surface area contributed by atoms with Gasteiger partial charge in [-0.3, -0.25) is 19.2 Å². The Morgan fingerprint density at radius 2 is 1.80 bits per heavy atom. The average Bonchev–Trinajstić information content (AvgIpc) is 3.21. The van der Waals surface area contributed by atoms with Crippen molar-refractivity contribution < 1.29 is 65.9 Å². The molecule has 0 saturated carbocycles. The Morgan fingerprint density at radius 1 is 1.16 bits per heavy atom. The number of rotatable bonds is 13. The van der Waals surface area contributed by atoms with E-state index in [9.17, 15) is 43.5 Å². The van der Waals surface area contributed by atoms with Crippen LogP contribution in [0.25, 0.3) is 0 Å². The summed E-state index contributed by atoms with van der Waals surface area (Å²) < 4.78 is 58.6. The molecule has 2 aromatic rings. The molecular weight excluding hydrogens is 657 g/mol. The zero-order valence-corrected chi connectivity index (χ0v) is 26.0. The zero-order chi connectivity index (χ0) is 33.3. The van der Waals surface area contributed by atoms with Gasteiger partial charge in [0.25, 0.3) is 5.69 Å². The number of phosphoric ester groups is 1. The summed E-state index contributed by atoms with van der Waals surface area (Å²) in [6, 6.07) is 6.05. The number of nitrogens with two attached hydrogens (primary N) is 1. The van der Waals surface area contributed by atoms with Crippen LogP contribution in [0.1, 0.15) is 50.7 Å². The van der Waals surface area contributed by atoms with Crippen LogP contribution in [0.2, 0.25) is 0 Å². The maximum Gasteiger partial charge on any atom is 0.490 e. The van der Waals surface area contributed by atoms with Crippen LogP contribution in [0.15, 0.2) is 35.3 Å². The molecule has 1 aliphatic heterocycles. The lowest BCUT2D eigenvalue weighted by Crippen LogP contribution is -2.30. The third-order valence-corrected chi connectivity index (χ3v) is 9.80. The molecule has 2 heterocycles. The summed E-state index contributed by atoms with van der Waals surface area (Å²) in [5.41, 5.74) is 4.76. The SMILES string of the molecule is CC(C)(C)[C@H](OCc1cn([C@H]2CC(O)[C@@H](COP(=O)(O)OP(=O)(O)OP(=O)(O)O)O2)c(=O)nc1N)c1ccccc1[N+](=O)[O-]. The first-order valence-corrected chi connectivity index (χ1v) is 16.9. The van der Waals surface area contributed by atoms with Crippen molar-refractivity contribution in [3.05, 3.63) is 62.2 Å². The van der Waals surface area contributed by atoms with E-state index in [4.69, 9.17) is 25.0 Å². The number of anilines is 1. The fourth-order valence-electron chi connectivity index (χ4n) is 4.20. The molecule has 3 unspecified atom stereocenters. The molecule has 3 rings (SSSR count). The minimum absolute atomic E-state index is 0.154. The van der Waals surface area contributed by atoms with Gasteiger partial charge in [0.15, 0.2) is 0 Å². The molecule has 6 atom stereocenters. The fraction of sp³-hybridized carbons (Fsp3) is 0.524. The molecule has 0 radical (unpaired) electrons. The van der Waals surface area contributed by atoms with Gasteiger partial charge in [-0.1, -0.05) is 32.9 Å². The smallest absolute Gasteiger partial charge is 0.390 e. The van der Waals surface area contributed by atoms with Gasteiger partial charge in [-0.05, 0) is 11.5 Å². The number of ether oxygens (including phenoxy) is 2. The third-order valence-electron chi connectivity index (χ3n) is 6.00. The standard InChI is InChI=1S/C21H31N4O16P3/c1-21(2,3)18(13-6-4-5-7-14(13)25(28)29)37-10-12-9-24(20(27)23-19(12)22)17-8-15(26)16(39-17)11-38-43(33,34)41-44(35,36)40-42(30,31)32/h4-7,9,15-18,26H,8,10-11H2,1-3H3,(H,33,34)(H,35,36)(H2,22,23,27)(H2,30,31,32)/t15?,16-,17-,18-/m1/s1. The highest BCUT2D eigenvalue weighted by atomic mass is 31.3. The number of hydrogen-bond donors (Lipinski definition) is 6. The van der Waals surface area contributed by atoms with Gasteiger partial charge in [-0.25, -0.2) is 18.5 Å². The summed E-state index contributed by atoms with van der Waals surface area (Å²) >= 11 is 0. The van der Waals surface area contributed by atoms with Crippen LogP contribution < -0.4 is 11.4 Å². The predicted octanol–water partition coefficient (Wildman–Crippen LogP) is 2.03. The van der Waals surface area contributed by atoms with Crippen LogP contribution >= 0.6 is 23.5 Å². The van der Waals surface area contributed by atoms with Crippen LogP contribution in [0.4, 0.5) is 11.5 Å². The minimum Gasteiger partial charge on any atom is -0.390 e. The Bertz CT molecular complexity index is 1570. The van der Waals surface area contributed by atoms with E-state index in [0.717, 1.165) is 4.57 Å². The molecule has 0 bridgehead atoms. The number of nitrogen functional groups attached to an aromatic ring is 1. The lowest BCUT2D eigenvalue weighted by Gasteiger charge is -2.31. The summed E-state index contributed by atoms with van der Waals surface area (Å²) in [6.45, 7) is 4.24. The van der Waals surface area contributed by atoms with Gasteiger partial charge in [0, 0.05) is 24.2 Å². The second-order valence-electron chi connectivity index (χ2n) is 10.5. The lowest BCUT2D eigenvalue weighted by molar-refractivity contribution is -0.386. The fourth-order valence-corrected chi connectivity index (χ4v) is 7.23. The normalized spacial score (nSPS) is 22.7. The summed E-state index contributed by atoms with van der Waals surface area (Å²) in [5, 5.41) is 22.0. The molecule has 1 fully saturated rings. The number of para-hydroxylation sites is 1. The van der Waals surface area contributed by atoms with Gasteiger partial charge in [0.1, 0.15) is 18.1 Å². The van der Waals surface area contributed by atoms with Gasteiger partial charge < -0.3 is 39.9 Å². The molecule has 0 amide bonds. The molecule has 1 saturated heterocycles. The van der Waals surface area contributed by atoms with Gasteiger partial charge in [0.05, 0.1) is 35.9 Å². The quantitative estimate of drug-likeness (QED) is 0.0996. The van der Waals surface area contributed by atoms with Crippen LogP contribution in [-0.4, -0.2) is 58.0 Å². The molecule has 1 aliphatic rings. The Kier molecular flexibility index (Phi) is 11.1. The second-order valence-corrected chi connectivity index (χ2v) is 15.0. The number of aliphatic hydroxyl groups is 1. The molecule has 0 aliphatic carbocycles. The molecule has 246 valence electrons. The van der Waals surface area contributed by atoms with E-state index in [0.29, 0.717) is 5.56 Å². The predicted molar refractivity (Wildman–Crippen MR) is 147 cm³/mol. The van der Waals surface area contributed by atoms with Crippen molar-refractivity contribution in [1.82, 2.24) is 9.55 Å². The first-order valence-electron chi connectivity index (χ1n) is 12.4. The number of nitrogens with zero attached hydrogens (tertiary/aromatic N) is 3. The summed E-state index contributed by atoms with van der Waals surface area (Å²) in [6.07, 6.45) is -3.86. The molecule has 44 heavy (non-hydrogen) atoms. The molecule has 1 aromatic heterocycles. The lowest BCUT2D eigenvalue weighted by atomic mass is 9.84. The third kappa shape index (κ3) is 9.79. The summed E-state index contributed by atoms with van der Waals surface area (Å²) in [5.74, 6) is -0.204. The number of aliphatic hydroxyl groups excluding tert-OH is 1. The van der Waals surface area contributed by atoms with Crippen molar-refractivity contribution in [2.24, 2.45) is 5.41 Å². The number of nitro groups is 1. The van der Waals surface area contributed by atoms with Crippen molar-refractivity contribution in [3.63, 3.8) is 0 Å². The topological polar surface area (TPSA) is 303 Å². The van der Waals surface area contributed by atoms with Gasteiger partial charge in [0.2, 0.25) is 0 Å². The Labute approximate surface area is 248 Å². The summed E-state index contributed by atoms with van der Waals surface area (Å²) in [7, 11) is -16.8. The van der Waals surface area contributed by atoms with E-state index in [-0.39, 0.29) is 30.1 Å². The largest absolute Gasteiger partial charge is 0.490 e. The van der Waals surface area contributed by atoms with E-state index in [2.05, 4.69) is 18.1 Å². The molecule has 0 spiro atoms. The number of nitro benzene ring substituents is 1. The Balaban J connectivity index is 1.75. The van der Waals surface area contributed by atoms with Crippen LogP contribution in [0.5, 0.6) is 0 Å². The molecule has 20 nitrogen and oxygen atoms in total. The molecule has 1 aromatic carbocycles. The van der Waals surface area contributed by atoms with Crippen LogP contribution in [0.3, 0.4) is 0 Å². The van der Waals surface area contributed by atoms with Gasteiger partial charge >= 0.3 is 29.2 Å². The van der Waals surface area contributed by atoms with E-state index < -0.39 is 70.6 Å². The minimum atomic E-state index is -5.76. The van der Waals surface area contributed by atoms with Gasteiger partial charge in [-0.15, -0.1) is 0 Å². The van der Waals surface area contributed by atoms with Crippen molar-refractivity contribution in [1.29, 1.82) is 0 Å². The van der Waals surface area contributed by atoms with Crippen molar-refractivity contribution in [3.8, 4) is 0 Å².